The highest BCUT2D eigenvalue weighted by atomic mass is 32.2. The van der Waals surface area contributed by atoms with E-state index in [1.807, 2.05) is 38.1 Å². The van der Waals surface area contributed by atoms with Crippen LogP contribution in [-0.2, 0) is 0 Å². The van der Waals surface area contributed by atoms with Crippen molar-refractivity contribution in [3.05, 3.63) is 59.3 Å². The van der Waals surface area contributed by atoms with Gasteiger partial charge in [0.1, 0.15) is 5.03 Å². The highest BCUT2D eigenvalue weighted by molar-refractivity contribution is 7.99. The third-order valence-corrected chi connectivity index (χ3v) is 3.83. The van der Waals surface area contributed by atoms with Gasteiger partial charge in [0.2, 0.25) is 0 Å². The summed E-state index contributed by atoms with van der Waals surface area (Å²) in [6.45, 7) is 3.82. The molecule has 116 valence electrons. The van der Waals surface area contributed by atoms with E-state index in [2.05, 4.69) is 10.3 Å². The molecule has 1 aromatic carbocycles. The fourth-order valence-corrected chi connectivity index (χ4v) is 2.62. The Morgan fingerprint density at radius 3 is 2.73 bits per heavy atom. The lowest BCUT2D eigenvalue weighted by Gasteiger charge is -2.16. The van der Waals surface area contributed by atoms with E-state index in [1.54, 1.807) is 6.07 Å². The maximum Gasteiger partial charge on any atom is 0.290 e. The van der Waals surface area contributed by atoms with E-state index >= 15 is 0 Å². The second kappa shape index (κ2) is 7.35. The summed E-state index contributed by atoms with van der Waals surface area (Å²) in [7, 11) is 0. The number of benzene rings is 1. The first-order valence-electron chi connectivity index (χ1n) is 6.74. The number of aryl methyl sites for hydroxylation is 1. The molecule has 1 aromatic heterocycles. The van der Waals surface area contributed by atoms with Crippen molar-refractivity contribution >= 4 is 17.7 Å². The number of aromatic nitrogens is 1. The van der Waals surface area contributed by atoms with E-state index in [9.17, 15) is 13.6 Å². The monoisotopic (exact) mass is 322 g/mol. The van der Waals surface area contributed by atoms with Crippen molar-refractivity contribution in [1.29, 1.82) is 0 Å². The van der Waals surface area contributed by atoms with Crippen LogP contribution in [0.3, 0.4) is 0 Å². The third kappa shape index (κ3) is 4.27. The predicted molar refractivity (Wildman–Crippen MR) is 83.2 cm³/mol. The number of alkyl halides is 2. The van der Waals surface area contributed by atoms with Crippen molar-refractivity contribution in [3.8, 4) is 0 Å². The second-order valence-corrected chi connectivity index (χ2v) is 5.82. The molecule has 6 heteroatoms. The number of hydrogen-bond acceptors (Lipinski definition) is 3. The molecule has 2 aromatic rings. The summed E-state index contributed by atoms with van der Waals surface area (Å²) in [6, 6.07) is 10.6. The molecule has 0 aliphatic carbocycles. The van der Waals surface area contributed by atoms with E-state index in [0.717, 1.165) is 11.1 Å². The molecule has 1 unspecified atom stereocenters. The number of amides is 1. The molecule has 22 heavy (non-hydrogen) atoms. The van der Waals surface area contributed by atoms with Gasteiger partial charge < -0.3 is 5.32 Å². The van der Waals surface area contributed by atoms with Crippen molar-refractivity contribution in [2.45, 2.75) is 30.7 Å². The molecule has 0 radical (unpaired) electrons. The molecule has 1 N–H and O–H groups in total. The fourth-order valence-electron chi connectivity index (χ4n) is 2.04. The number of nitrogens with zero attached hydrogens (tertiary/aromatic N) is 1. The fraction of sp³-hybridized carbons (Fsp3) is 0.250. The van der Waals surface area contributed by atoms with Crippen LogP contribution in [0.2, 0.25) is 0 Å². The Morgan fingerprint density at radius 2 is 2.05 bits per heavy atom. The number of hydrogen-bond donors (Lipinski definition) is 1. The lowest BCUT2D eigenvalue weighted by molar-refractivity contribution is 0.0936. The topological polar surface area (TPSA) is 42.0 Å². The molecular weight excluding hydrogens is 306 g/mol. The Bertz CT molecular complexity index is 664. The van der Waals surface area contributed by atoms with Crippen molar-refractivity contribution in [2.24, 2.45) is 0 Å². The molecule has 0 fully saturated rings. The van der Waals surface area contributed by atoms with E-state index in [-0.39, 0.29) is 28.4 Å². The molecule has 0 aliphatic rings. The van der Waals surface area contributed by atoms with E-state index in [0.29, 0.717) is 0 Å². The lowest BCUT2D eigenvalue weighted by Crippen LogP contribution is -2.27. The predicted octanol–water partition coefficient (Wildman–Crippen LogP) is 4.20. The van der Waals surface area contributed by atoms with Gasteiger partial charge in [-0.05, 0) is 43.3 Å². The molecule has 2 rings (SSSR count). The van der Waals surface area contributed by atoms with Crippen molar-refractivity contribution in [2.75, 3.05) is 0 Å². The molecule has 0 aliphatic heterocycles. The Labute approximate surface area is 132 Å². The zero-order valence-electron chi connectivity index (χ0n) is 12.2. The minimum Gasteiger partial charge on any atom is -0.345 e. The van der Waals surface area contributed by atoms with Crippen LogP contribution in [0.4, 0.5) is 8.78 Å². The molecule has 1 atom stereocenters. The van der Waals surface area contributed by atoms with Gasteiger partial charge in [-0.15, -0.1) is 0 Å². The van der Waals surface area contributed by atoms with Gasteiger partial charge in [-0.1, -0.05) is 29.8 Å². The zero-order valence-corrected chi connectivity index (χ0v) is 13.0. The summed E-state index contributed by atoms with van der Waals surface area (Å²) >= 11 is 0.273. The van der Waals surface area contributed by atoms with Gasteiger partial charge in [-0.2, -0.15) is 8.78 Å². The number of carbonyl (C=O) groups is 1. The summed E-state index contributed by atoms with van der Waals surface area (Å²) < 4.78 is 25.1. The van der Waals surface area contributed by atoms with E-state index in [4.69, 9.17) is 0 Å². The molecule has 3 nitrogen and oxygen atoms in total. The van der Waals surface area contributed by atoms with Crippen LogP contribution >= 0.6 is 11.8 Å². The van der Waals surface area contributed by atoms with Crippen LogP contribution in [0.15, 0.2) is 47.6 Å². The van der Waals surface area contributed by atoms with Gasteiger partial charge in [-0.25, -0.2) is 4.98 Å². The molecule has 0 saturated carbocycles. The van der Waals surface area contributed by atoms with Crippen LogP contribution in [0.1, 0.15) is 34.5 Å². The number of nitrogens with one attached hydrogen (secondary N) is 1. The molecule has 0 spiro atoms. The first-order chi connectivity index (χ1) is 10.5. The van der Waals surface area contributed by atoms with Crippen LogP contribution < -0.4 is 5.32 Å². The van der Waals surface area contributed by atoms with Gasteiger partial charge in [0.15, 0.2) is 0 Å². The van der Waals surface area contributed by atoms with Crippen LogP contribution in [0, 0.1) is 6.92 Å². The Kier molecular flexibility index (Phi) is 5.49. The average molecular weight is 322 g/mol. The quantitative estimate of drug-likeness (QED) is 0.839. The Balaban J connectivity index is 2.15. The highest BCUT2D eigenvalue weighted by Crippen LogP contribution is 2.26. The molecule has 1 amide bonds. The van der Waals surface area contributed by atoms with Crippen molar-refractivity contribution < 1.29 is 13.6 Å². The van der Waals surface area contributed by atoms with Gasteiger partial charge in [-0.3, -0.25) is 4.79 Å². The maximum atomic E-state index is 12.5. The molecule has 0 bridgehead atoms. The van der Waals surface area contributed by atoms with E-state index < -0.39 is 11.7 Å². The van der Waals surface area contributed by atoms with Gasteiger partial charge in [0.25, 0.3) is 11.7 Å². The third-order valence-electron chi connectivity index (χ3n) is 3.11. The van der Waals surface area contributed by atoms with Crippen LogP contribution in [0.25, 0.3) is 0 Å². The molecular formula is C16H16F2N2OS. The minimum atomic E-state index is -2.62. The highest BCUT2D eigenvalue weighted by Gasteiger charge is 2.18. The summed E-state index contributed by atoms with van der Waals surface area (Å²) in [5.74, 6) is -3.03. The SMILES string of the molecule is Cc1cccc(C(C)NC(=O)c2cccnc2SC(F)F)c1. The number of halogens is 2. The minimum absolute atomic E-state index is 0.0337. The van der Waals surface area contributed by atoms with Crippen molar-refractivity contribution in [1.82, 2.24) is 10.3 Å². The van der Waals surface area contributed by atoms with Crippen molar-refractivity contribution in [3.63, 3.8) is 0 Å². The normalized spacial score (nSPS) is 12.2. The van der Waals surface area contributed by atoms with E-state index in [1.165, 1.54) is 12.3 Å². The Hall–Kier alpha value is -1.95. The van der Waals surface area contributed by atoms with Gasteiger partial charge in [0.05, 0.1) is 11.6 Å². The standard InChI is InChI=1S/C16H16F2N2OS/c1-10-5-3-6-12(9-10)11(2)20-14(21)13-7-4-8-19-15(13)22-16(17)18/h3-9,11,16H,1-2H3,(H,20,21). The molecule has 1 heterocycles. The number of thioether (sulfide) groups is 1. The number of carbonyl (C=O) groups excluding carboxylic acids is 1. The summed E-state index contributed by atoms with van der Waals surface area (Å²) in [5, 5.41) is 2.85. The Morgan fingerprint density at radius 1 is 1.27 bits per heavy atom. The second-order valence-electron chi connectivity index (χ2n) is 4.84. The summed E-state index contributed by atoms with van der Waals surface area (Å²) in [5.41, 5.74) is 2.21. The van der Waals surface area contributed by atoms with Gasteiger partial charge >= 0.3 is 0 Å². The summed E-state index contributed by atoms with van der Waals surface area (Å²) in [6.07, 6.45) is 1.39. The first-order valence-corrected chi connectivity index (χ1v) is 7.62. The van der Waals surface area contributed by atoms with Crippen LogP contribution in [-0.4, -0.2) is 16.6 Å². The number of rotatable bonds is 5. The average Bonchev–Trinajstić information content (AvgIpc) is 2.47. The molecule has 0 saturated heterocycles. The van der Waals surface area contributed by atoms with Gasteiger partial charge in [0, 0.05) is 6.20 Å². The first kappa shape index (κ1) is 16.4. The number of pyridine rings is 1. The largest absolute Gasteiger partial charge is 0.345 e. The zero-order chi connectivity index (χ0) is 16.1. The lowest BCUT2D eigenvalue weighted by atomic mass is 10.1. The maximum absolute atomic E-state index is 12.5. The van der Waals surface area contributed by atoms with Crippen LogP contribution in [0.5, 0.6) is 0 Å². The summed E-state index contributed by atoms with van der Waals surface area (Å²) in [4.78, 5) is 16.2. The smallest absolute Gasteiger partial charge is 0.290 e.